The van der Waals surface area contributed by atoms with Crippen molar-refractivity contribution in [3.05, 3.63) is 163 Å². The van der Waals surface area contributed by atoms with E-state index < -0.39 is 12.2 Å². The number of para-hydroxylation sites is 1. The summed E-state index contributed by atoms with van der Waals surface area (Å²) in [5.41, 5.74) is 4.84. The van der Waals surface area contributed by atoms with E-state index in [-0.39, 0.29) is 55.3 Å². The van der Waals surface area contributed by atoms with Gasteiger partial charge in [-0.1, -0.05) is 130 Å². The normalized spacial score (nSPS) is 12.9. The second kappa shape index (κ2) is 31.8. The van der Waals surface area contributed by atoms with Crippen LogP contribution < -0.4 is 16.0 Å². The summed E-state index contributed by atoms with van der Waals surface area (Å²) in [6, 6.07) is 25.1. The number of nitrogens with one attached hydrogen (secondary N) is 3. The lowest BCUT2D eigenvalue weighted by atomic mass is 9.94. The third-order valence-corrected chi connectivity index (χ3v) is 11.5. The Morgan fingerprint density at radius 3 is 1.83 bits per heavy atom. The molecule has 0 aliphatic heterocycles. The van der Waals surface area contributed by atoms with Crippen molar-refractivity contribution in [3.63, 3.8) is 0 Å². The van der Waals surface area contributed by atoms with E-state index >= 15 is 0 Å². The van der Waals surface area contributed by atoms with E-state index in [1.54, 1.807) is 12.1 Å². The van der Waals surface area contributed by atoms with Crippen LogP contribution in [0.1, 0.15) is 113 Å². The van der Waals surface area contributed by atoms with E-state index in [2.05, 4.69) is 83.6 Å². The number of hydrogen-bond donors (Lipinski definition) is 5. The summed E-state index contributed by atoms with van der Waals surface area (Å²) in [6.07, 6.45) is 26.7. The molecule has 0 fully saturated rings. The Morgan fingerprint density at radius 2 is 1.25 bits per heavy atom. The van der Waals surface area contributed by atoms with Crippen LogP contribution in [0.5, 0.6) is 0 Å². The highest BCUT2D eigenvalue weighted by Crippen LogP contribution is 2.42. The number of benzene rings is 3. The molecule has 370 valence electrons. The van der Waals surface area contributed by atoms with Crippen molar-refractivity contribution >= 4 is 23.4 Å². The van der Waals surface area contributed by atoms with Crippen molar-refractivity contribution in [2.75, 3.05) is 38.5 Å². The van der Waals surface area contributed by atoms with Gasteiger partial charge in [-0.25, -0.2) is 4.39 Å². The second-order valence-electron chi connectivity index (χ2n) is 17.6. The highest BCUT2D eigenvalue weighted by atomic mass is 19.1. The molecule has 4 aromatic rings. The maximum absolute atomic E-state index is 14.3. The van der Waals surface area contributed by atoms with Crippen LogP contribution in [0.2, 0.25) is 0 Å². The van der Waals surface area contributed by atoms with E-state index in [1.807, 2.05) is 91.0 Å². The van der Waals surface area contributed by atoms with Gasteiger partial charge in [-0.2, -0.15) is 0 Å². The van der Waals surface area contributed by atoms with E-state index in [0.717, 1.165) is 61.9 Å². The lowest BCUT2D eigenvalue weighted by Crippen LogP contribution is -2.38. The molecular weight excluding hydrogens is 866 g/mol. The molecule has 1 aromatic heterocycles. The number of halogens is 1. The van der Waals surface area contributed by atoms with Crippen molar-refractivity contribution in [1.29, 1.82) is 0 Å². The molecule has 0 radical (unpaired) electrons. The number of carbonyl (C=O) groups excluding carboxylic acids is 3. The number of aromatic nitrogens is 1. The van der Waals surface area contributed by atoms with Crippen LogP contribution in [0.3, 0.4) is 0 Å². The van der Waals surface area contributed by atoms with Gasteiger partial charge in [-0.15, -0.1) is 0 Å². The summed E-state index contributed by atoms with van der Waals surface area (Å²) in [5, 5.41) is 31.1. The third-order valence-electron chi connectivity index (χ3n) is 11.5. The van der Waals surface area contributed by atoms with Crippen molar-refractivity contribution < 1.29 is 29.0 Å². The average molecular weight is 942 g/mol. The fraction of sp³-hybridized carbons (Fsp3) is 0.397. The maximum atomic E-state index is 14.3. The molecule has 0 bridgehead atoms. The van der Waals surface area contributed by atoms with Gasteiger partial charge in [0.1, 0.15) is 5.82 Å². The van der Waals surface area contributed by atoms with Crippen LogP contribution in [-0.4, -0.2) is 82.8 Å². The summed E-state index contributed by atoms with van der Waals surface area (Å²) in [6.45, 7) is 8.52. The van der Waals surface area contributed by atoms with Crippen LogP contribution in [-0.2, 0) is 16.1 Å². The molecule has 69 heavy (non-hydrogen) atoms. The van der Waals surface area contributed by atoms with Crippen molar-refractivity contribution in [2.24, 2.45) is 0 Å². The van der Waals surface area contributed by atoms with Crippen LogP contribution in [0, 0.1) is 5.82 Å². The molecule has 1 heterocycles. The molecule has 0 spiro atoms. The zero-order valence-corrected chi connectivity index (χ0v) is 41.3. The van der Waals surface area contributed by atoms with Gasteiger partial charge in [0.15, 0.2) is 0 Å². The summed E-state index contributed by atoms with van der Waals surface area (Å²) in [4.78, 5) is 41.5. The number of carbonyl (C=O) groups is 3. The van der Waals surface area contributed by atoms with Gasteiger partial charge in [0, 0.05) is 56.1 Å². The number of amides is 3. The molecular formula is C58H76FN5O5. The van der Waals surface area contributed by atoms with Crippen LogP contribution in [0.4, 0.5) is 10.1 Å². The Morgan fingerprint density at radius 1 is 0.696 bits per heavy atom. The zero-order chi connectivity index (χ0) is 49.6. The molecule has 2 atom stereocenters. The topological polar surface area (TPSA) is 136 Å². The summed E-state index contributed by atoms with van der Waals surface area (Å²) in [7, 11) is 1.92. The van der Waals surface area contributed by atoms with Gasteiger partial charge < -0.3 is 35.6 Å². The Labute approximate surface area is 410 Å². The molecule has 0 unspecified atom stereocenters. The third kappa shape index (κ3) is 20.5. The summed E-state index contributed by atoms with van der Waals surface area (Å²) >= 11 is 0. The van der Waals surface area contributed by atoms with Crippen molar-refractivity contribution in [1.82, 2.24) is 20.1 Å². The Bertz CT molecular complexity index is 2280. The first kappa shape index (κ1) is 55.5. The predicted octanol–water partition coefficient (Wildman–Crippen LogP) is 11.3. The smallest absolute Gasteiger partial charge is 0.258 e. The quantitative estimate of drug-likeness (QED) is 0.0252. The summed E-state index contributed by atoms with van der Waals surface area (Å²) < 4.78 is 16.3. The number of unbranched alkanes of at least 4 members (excludes halogenated alkanes) is 1. The fourth-order valence-electron chi connectivity index (χ4n) is 8.01. The lowest BCUT2D eigenvalue weighted by Gasteiger charge is -2.20. The number of aliphatic hydroxyl groups is 2. The van der Waals surface area contributed by atoms with Gasteiger partial charge in [0.2, 0.25) is 11.8 Å². The number of aliphatic hydroxyl groups excluding tert-OH is 2. The molecule has 3 aromatic carbocycles. The molecule has 4 rings (SSSR count). The number of hydrogen-bond acceptors (Lipinski definition) is 6. The minimum absolute atomic E-state index is 0.0214. The first-order valence-electron chi connectivity index (χ1n) is 24.8. The van der Waals surface area contributed by atoms with Gasteiger partial charge in [-0.3, -0.25) is 14.4 Å². The summed E-state index contributed by atoms with van der Waals surface area (Å²) in [5.74, 6) is -1.10. The second-order valence-corrected chi connectivity index (χ2v) is 17.6. The average Bonchev–Trinajstić information content (AvgIpc) is 3.68. The van der Waals surface area contributed by atoms with E-state index in [0.29, 0.717) is 55.0 Å². The van der Waals surface area contributed by atoms with Crippen LogP contribution in [0.25, 0.3) is 22.4 Å². The molecule has 0 saturated carbocycles. The first-order chi connectivity index (χ1) is 33.5. The largest absolute Gasteiger partial charge is 0.393 e. The van der Waals surface area contributed by atoms with Gasteiger partial charge in [0.25, 0.3) is 5.91 Å². The Hall–Kier alpha value is -6.14. The molecule has 0 aliphatic rings. The molecule has 0 aliphatic carbocycles. The molecule has 0 saturated heterocycles. The van der Waals surface area contributed by atoms with Gasteiger partial charge in [-0.05, 0) is 118 Å². The number of anilines is 1. The Balaban J connectivity index is 1.19. The van der Waals surface area contributed by atoms with Crippen LogP contribution >= 0.6 is 0 Å². The minimum atomic E-state index is -1.08. The van der Waals surface area contributed by atoms with E-state index in [1.165, 1.54) is 12.1 Å². The monoisotopic (exact) mass is 942 g/mol. The zero-order valence-electron chi connectivity index (χ0n) is 41.3. The highest BCUT2D eigenvalue weighted by Gasteiger charge is 2.31. The standard InChI is InChI=1S/C58H76FN5O5/c1-5-6-7-8-9-10-11-12-13-14-15-16-17-18-19-20-27-32-52(67)60-38-41-63(4)42-39-61-53(68)44-51(66)43-50(65)37-40-64-56(45(2)3)55(58(69)62-49-30-25-22-26-31-49)54(46-28-23-21-24-29-46)57(64)47-33-35-48(59)36-34-47/h6-7,9-10,12-13,15-16,18-19,21-26,28-31,33-36,45,50-51,65-66H,5,8,11,14,17,20,27,32,37-44H2,1-4H3,(H,60,67)(H,61,68)(H,62,69)/b7-6-,10-9-,13-12-,16-15-,19-18-/t50-,51-/m1/s1. The van der Waals surface area contributed by atoms with Crippen molar-refractivity contribution in [2.45, 2.75) is 116 Å². The van der Waals surface area contributed by atoms with Crippen molar-refractivity contribution in [3.8, 4) is 22.4 Å². The SMILES string of the molecule is CC/C=C\C/C=C\C/C=C\C/C=C\C/C=C\CCCC(=O)NCCN(C)CCNC(=O)C[C@H](O)C[C@H](O)CCn1c(-c2ccc(F)cc2)c(-c2ccccc2)c(C(=O)Nc2ccccc2)c1C(C)C. The maximum Gasteiger partial charge on any atom is 0.258 e. The first-order valence-corrected chi connectivity index (χ1v) is 24.8. The number of likely N-dealkylation sites (N-methyl/N-ethyl adjacent to an activating group) is 1. The lowest BCUT2D eigenvalue weighted by molar-refractivity contribution is -0.123. The van der Waals surface area contributed by atoms with E-state index in [4.69, 9.17) is 0 Å². The highest BCUT2D eigenvalue weighted by molar-refractivity contribution is 6.12. The van der Waals surface area contributed by atoms with Gasteiger partial charge in [0.05, 0.1) is 29.9 Å². The fourth-order valence-corrected chi connectivity index (χ4v) is 8.01. The minimum Gasteiger partial charge on any atom is -0.393 e. The molecule has 11 heteroatoms. The predicted molar refractivity (Wildman–Crippen MR) is 281 cm³/mol. The molecule has 10 nitrogen and oxygen atoms in total. The number of nitrogens with zero attached hydrogens (tertiary/aromatic N) is 2. The van der Waals surface area contributed by atoms with Gasteiger partial charge >= 0.3 is 0 Å². The number of rotatable bonds is 31. The van der Waals surface area contributed by atoms with E-state index in [9.17, 15) is 29.0 Å². The number of allylic oxidation sites excluding steroid dienone is 10. The molecule has 3 amide bonds. The Kier molecular flexibility index (Phi) is 25.6. The van der Waals surface area contributed by atoms with Crippen LogP contribution in [0.15, 0.2) is 146 Å². The molecule has 5 N–H and O–H groups in total.